The summed E-state index contributed by atoms with van der Waals surface area (Å²) in [6.45, 7) is 6.99. The van der Waals surface area contributed by atoms with Gasteiger partial charge in [0.1, 0.15) is 5.52 Å². The van der Waals surface area contributed by atoms with E-state index in [1.165, 1.54) is 0 Å². The van der Waals surface area contributed by atoms with Gasteiger partial charge in [-0.15, -0.1) is 0 Å². The van der Waals surface area contributed by atoms with Crippen LogP contribution in [0.25, 0.3) is 11.2 Å². The normalized spacial score (nSPS) is 12.9. The minimum atomic E-state index is 0.0684. The second-order valence-electron chi connectivity index (χ2n) is 4.83. The Balaban J connectivity index is 2.26. The Hall–Kier alpha value is -1.95. The Morgan fingerprint density at radius 2 is 2.20 bits per heavy atom. The smallest absolute Gasteiger partial charge is 0.179 e. The number of aromatic nitrogens is 5. The van der Waals surface area contributed by atoms with E-state index in [2.05, 4.69) is 33.5 Å². The molecule has 0 spiro atoms. The molecule has 0 aliphatic rings. The number of H-pyrrole nitrogens is 1. The van der Waals surface area contributed by atoms with Crippen LogP contribution in [-0.2, 0) is 6.54 Å². The first-order chi connectivity index (χ1) is 9.63. The Morgan fingerprint density at radius 1 is 1.40 bits per heavy atom. The van der Waals surface area contributed by atoms with Gasteiger partial charge in [-0.3, -0.25) is 9.55 Å². The van der Waals surface area contributed by atoms with Crippen molar-refractivity contribution in [3.63, 3.8) is 0 Å². The van der Waals surface area contributed by atoms with Gasteiger partial charge in [-0.2, -0.15) is 5.10 Å². The highest BCUT2D eigenvalue weighted by Crippen LogP contribution is 2.24. The minimum Gasteiger partial charge on any atom is -0.328 e. The summed E-state index contributed by atoms with van der Waals surface area (Å²) in [4.78, 5) is 7.70. The monoisotopic (exact) mass is 287 g/mol. The molecule has 0 radical (unpaired) electrons. The SMILES string of the molecule is CCn1nc(C)c2[nH]c(=S)n(C(C)c3ccccn3)c21. The average Bonchev–Trinajstić information content (AvgIpc) is 2.96. The van der Waals surface area contributed by atoms with Crippen LogP contribution >= 0.6 is 12.2 Å². The van der Waals surface area contributed by atoms with Crippen molar-refractivity contribution < 1.29 is 0 Å². The molecular weight excluding hydrogens is 270 g/mol. The quantitative estimate of drug-likeness (QED) is 0.752. The molecule has 104 valence electrons. The van der Waals surface area contributed by atoms with Gasteiger partial charge in [0.2, 0.25) is 0 Å². The van der Waals surface area contributed by atoms with Crippen molar-refractivity contribution in [1.29, 1.82) is 0 Å². The van der Waals surface area contributed by atoms with Crippen molar-refractivity contribution in [2.24, 2.45) is 0 Å². The fourth-order valence-electron chi connectivity index (χ4n) is 2.56. The summed E-state index contributed by atoms with van der Waals surface area (Å²) < 4.78 is 4.79. The van der Waals surface area contributed by atoms with Crippen molar-refractivity contribution in [3.8, 4) is 0 Å². The van der Waals surface area contributed by atoms with Crippen LogP contribution in [0, 0.1) is 11.7 Å². The third-order valence-corrected chi connectivity index (χ3v) is 3.88. The van der Waals surface area contributed by atoms with E-state index in [1.54, 1.807) is 0 Å². The van der Waals surface area contributed by atoms with Gasteiger partial charge < -0.3 is 4.98 Å². The molecule has 0 aliphatic heterocycles. The van der Waals surface area contributed by atoms with E-state index in [0.717, 1.165) is 29.1 Å². The van der Waals surface area contributed by atoms with E-state index >= 15 is 0 Å². The minimum absolute atomic E-state index is 0.0684. The Morgan fingerprint density at radius 3 is 2.85 bits per heavy atom. The summed E-state index contributed by atoms with van der Waals surface area (Å²) in [7, 11) is 0. The summed E-state index contributed by atoms with van der Waals surface area (Å²) >= 11 is 5.49. The molecule has 5 nitrogen and oxygen atoms in total. The molecule has 3 aromatic heterocycles. The van der Waals surface area contributed by atoms with Gasteiger partial charge in [-0.05, 0) is 45.1 Å². The standard InChI is InChI=1S/C14H17N5S/c1-4-18-13-12(9(2)17-18)16-14(20)19(13)10(3)11-7-5-6-8-15-11/h5-8,10H,4H2,1-3H3,(H,16,20). The van der Waals surface area contributed by atoms with Crippen molar-refractivity contribution >= 4 is 23.4 Å². The van der Waals surface area contributed by atoms with Gasteiger partial charge >= 0.3 is 0 Å². The second-order valence-corrected chi connectivity index (χ2v) is 5.22. The summed E-state index contributed by atoms with van der Waals surface area (Å²) in [6.07, 6.45) is 1.81. The fourth-order valence-corrected chi connectivity index (χ4v) is 2.91. The highest BCUT2D eigenvalue weighted by molar-refractivity contribution is 7.71. The van der Waals surface area contributed by atoms with Crippen molar-refractivity contribution in [1.82, 2.24) is 24.3 Å². The van der Waals surface area contributed by atoms with Gasteiger partial charge in [0.25, 0.3) is 0 Å². The second kappa shape index (κ2) is 4.86. The predicted molar refractivity (Wildman–Crippen MR) is 81.4 cm³/mol. The van der Waals surface area contributed by atoms with Gasteiger partial charge in [0.05, 0.1) is 17.4 Å². The molecule has 3 aromatic rings. The number of fused-ring (bicyclic) bond motifs is 1. The summed E-state index contributed by atoms with van der Waals surface area (Å²) in [5.41, 5.74) is 4.01. The van der Waals surface area contributed by atoms with Crippen molar-refractivity contribution in [2.45, 2.75) is 33.4 Å². The lowest BCUT2D eigenvalue weighted by Crippen LogP contribution is -2.11. The molecule has 3 rings (SSSR count). The van der Waals surface area contributed by atoms with Crippen LogP contribution in [-0.4, -0.2) is 24.3 Å². The summed E-state index contributed by atoms with van der Waals surface area (Å²) in [5, 5.41) is 4.54. The topological polar surface area (TPSA) is 51.4 Å². The predicted octanol–water partition coefficient (Wildman–Crippen LogP) is 3.23. The van der Waals surface area contributed by atoms with E-state index in [0.29, 0.717) is 4.77 Å². The molecule has 1 unspecified atom stereocenters. The molecule has 0 amide bonds. The lowest BCUT2D eigenvalue weighted by molar-refractivity contribution is 0.586. The zero-order valence-corrected chi connectivity index (χ0v) is 12.6. The number of hydrogen-bond donors (Lipinski definition) is 1. The summed E-state index contributed by atoms with van der Waals surface area (Å²) in [5.74, 6) is 0. The fraction of sp³-hybridized carbons (Fsp3) is 0.357. The lowest BCUT2D eigenvalue weighted by Gasteiger charge is -2.14. The third kappa shape index (κ3) is 1.87. The number of aryl methyl sites for hydroxylation is 2. The molecule has 0 bridgehead atoms. The maximum absolute atomic E-state index is 5.49. The highest BCUT2D eigenvalue weighted by atomic mass is 32.1. The molecule has 3 heterocycles. The van der Waals surface area contributed by atoms with E-state index in [4.69, 9.17) is 12.2 Å². The first-order valence-corrected chi connectivity index (χ1v) is 7.12. The van der Waals surface area contributed by atoms with Crippen molar-refractivity contribution in [2.75, 3.05) is 0 Å². The van der Waals surface area contributed by atoms with Crippen LogP contribution in [0.2, 0.25) is 0 Å². The first-order valence-electron chi connectivity index (χ1n) is 6.72. The number of nitrogens with one attached hydrogen (secondary N) is 1. The van der Waals surface area contributed by atoms with Crippen LogP contribution in [0.15, 0.2) is 24.4 Å². The molecule has 0 saturated heterocycles. The Kier molecular flexibility index (Phi) is 3.17. The molecule has 0 saturated carbocycles. The molecule has 1 N–H and O–H groups in total. The molecule has 0 fully saturated rings. The van der Waals surface area contributed by atoms with Crippen LogP contribution in [0.5, 0.6) is 0 Å². The van der Waals surface area contributed by atoms with E-state index < -0.39 is 0 Å². The molecule has 1 atom stereocenters. The van der Waals surface area contributed by atoms with Gasteiger partial charge in [-0.25, -0.2) is 4.68 Å². The van der Waals surface area contributed by atoms with E-state index in [-0.39, 0.29) is 6.04 Å². The zero-order valence-electron chi connectivity index (χ0n) is 11.8. The van der Waals surface area contributed by atoms with Crippen LogP contribution in [0.3, 0.4) is 0 Å². The van der Waals surface area contributed by atoms with E-state index in [9.17, 15) is 0 Å². The Bertz CT molecular complexity index is 796. The number of nitrogens with zero attached hydrogens (tertiary/aromatic N) is 4. The third-order valence-electron chi connectivity index (χ3n) is 3.58. The zero-order chi connectivity index (χ0) is 14.3. The Labute approximate surface area is 122 Å². The molecular formula is C14H17N5S. The number of aromatic amines is 1. The maximum Gasteiger partial charge on any atom is 0.179 e. The van der Waals surface area contributed by atoms with Gasteiger partial charge in [0, 0.05) is 12.7 Å². The molecule has 6 heteroatoms. The van der Waals surface area contributed by atoms with Crippen LogP contribution < -0.4 is 0 Å². The molecule has 0 aliphatic carbocycles. The summed E-state index contributed by atoms with van der Waals surface area (Å²) in [6, 6.07) is 6.00. The average molecular weight is 287 g/mol. The van der Waals surface area contributed by atoms with Gasteiger partial charge in [-0.1, -0.05) is 6.07 Å². The maximum atomic E-state index is 5.49. The van der Waals surface area contributed by atoms with Crippen molar-refractivity contribution in [3.05, 3.63) is 40.6 Å². The first kappa shape index (κ1) is 13.1. The molecule has 0 aromatic carbocycles. The number of imidazole rings is 1. The van der Waals surface area contributed by atoms with Crippen LogP contribution in [0.1, 0.15) is 31.3 Å². The number of hydrogen-bond acceptors (Lipinski definition) is 3. The van der Waals surface area contributed by atoms with Crippen LogP contribution in [0.4, 0.5) is 0 Å². The number of pyridine rings is 1. The van der Waals surface area contributed by atoms with E-state index in [1.807, 2.05) is 36.0 Å². The number of rotatable bonds is 3. The highest BCUT2D eigenvalue weighted by Gasteiger charge is 2.19. The lowest BCUT2D eigenvalue weighted by atomic mass is 10.2. The molecule has 20 heavy (non-hydrogen) atoms. The largest absolute Gasteiger partial charge is 0.328 e. The van der Waals surface area contributed by atoms with Gasteiger partial charge in [0.15, 0.2) is 10.4 Å².